The van der Waals surface area contributed by atoms with Crippen molar-refractivity contribution >= 4 is 11.8 Å². The van der Waals surface area contributed by atoms with Gasteiger partial charge in [-0.3, -0.25) is 9.59 Å². The van der Waals surface area contributed by atoms with Crippen LogP contribution >= 0.6 is 0 Å². The van der Waals surface area contributed by atoms with Gasteiger partial charge in [-0.2, -0.15) is 0 Å². The first-order valence-electron chi connectivity index (χ1n) is 8.91. The Morgan fingerprint density at radius 1 is 1.31 bits per heavy atom. The smallest absolute Gasteiger partial charge is 0.270 e. The van der Waals surface area contributed by atoms with Crippen LogP contribution in [0.4, 0.5) is 4.39 Å². The Morgan fingerprint density at radius 3 is 2.81 bits per heavy atom. The van der Waals surface area contributed by atoms with Gasteiger partial charge in [0.05, 0.1) is 5.92 Å². The van der Waals surface area contributed by atoms with Crippen LogP contribution < -0.4 is 5.32 Å². The van der Waals surface area contributed by atoms with E-state index in [-0.39, 0.29) is 30.1 Å². The number of H-pyrrole nitrogens is 1. The molecule has 2 amide bonds. The van der Waals surface area contributed by atoms with Crippen LogP contribution in [0.5, 0.6) is 0 Å². The van der Waals surface area contributed by atoms with Crippen molar-refractivity contribution in [3.05, 3.63) is 58.7 Å². The number of hydrogen-bond acceptors (Lipinski definition) is 2. The van der Waals surface area contributed by atoms with Crippen molar-refractivity contribution < 1.29 is 14.0 Å². The highest BCUT2D eigenvalue weighted by Crippen LogP contribution is 2.20. The second-order valence-electron chi connectivity index (χ2n) is 6.95. The molecular weight excluding hydrogens is 333 g/mol. The van der Waals surface area contributed by atoms with E-state index in [0.29, 0.717) is 18.8 Å². The highest BCUT2D eigenvalue weighted by atomic mass is 19.1. The summed E-state index contributed by atoms with van der Waals surface area (Å²) in [6.07, 6.45) is 1.55. The summed E-state index contributed by atoms with van der Waals surface area (Å²) in [4.78, 5) is 30.1. The monoisotopic (exact) mass is 357 g/mol. The van der Waals surface area contributed by atoms with Gasteiger partial charge in [0.1, 0.15) is 11.5 Å². The fraction of sp³-hybridized carbons (Fsp3) is 0.400. The van der Waals surface area contributed by atoms with Crippen molar-refractivity contribution in [1.29, 1.82) is 0 Å². The van der Waals surface area contributed by atoms with E-state index in [0.717, 1.165) is 29.7 Å². The first-order chi connectivity index (χ1) is 12.4. The third-order valence-electron chi connectivity index (χ3n) is 4.80. The molecule has 0 unspecified atom stereocenters. The first-order valence-corrected chi connectivity index (χ1v) is 8.91. The predicted octanol–water partition coefficient (Wildman–Crippen LogP) is 2.94. The summed E-state index contributed by atoms with van der Waals surface area (Å²) >= 11 is 0. The molecule has 0 bridgehead atoms. The van der Waals surface area contributed by atoms with Crippen LogP contribution in [0.3, 0.4) is 0 Å². The van der Waals surface area contributed by atoms with E-state index < -0.39 is 0 Å². The van der Waals surface area contributed by atoms with E-state index >= 15 is 0 Å². The zero-order valence-corrected chi connectivity index (χ0v) is 15.1. The molecule has 0 saturated carbocycles. The molecule has 1 aromatic heterocycles. The fourth-order valence-corrected chi connectivity index (χ4v) is 3.47. The Labute approximate surface area is 152 Å². The predicted molar refractivity (Wildman–Crippen MR) is 97.1 cm³/mol. The average Bonchev–Trinajstić information content (AvgIpc) is 2.97. The van der Waals surface area contributed by atoms with E-state index in [9.17, 15) is 14.0 Å². The Morgan fingerprint density at radius 2 is 2.12 bits per heavy atom. The van der Waals surface area contributed by atoms with Crippen LogP contribution in [-0.2, 0) is 11.3 Å². The molecule has 1 aliphatic rings. The largest absolute Gasteiger partial charge is 0.354 e. The zero-order valence-electron chi connectivity index (χ0n) is 15.1. The molecule has 1 saturated heterocycles. The number of benzene rings is 1. The molecule has 1 atom stereocenters. The number of carbonyl (C=O) groups excluding carboxylic acids is 2. The summed E-state index contributed by atoms with van der Waals surface area (Å²) in [5, 5.41) is 2.86. The van der Waals surface area contributed by atoms with E-state index in [4.69, 9.17) is 0 Å². The van der Waals surface area contributed by atoms with Crippen LogP contribution in [-0.4, -0.2) is 34.8 Å². The Balaban J connectivity index is 1.60. The molecule has 1 aromatic carbocycles. The minimum absolute atomic E-state index is 0.0572. The van der Waals surface area contributed by atoms with Gasteiger partial charge in [-0.15, -0.1) is 0 Å². The SMILES string of the molecule is Cc1cc(C)c(C(=O)N2CCC[C@H](C(=O)NCc3cccc(F)c3)C2)[nH]1. The number of piperidine rings is 1. The highest BCUT2D eigenvalue weighted by Gasteiger charge is 2.29. The van der Waals surface area contributed by atoms with Crippen LogP contribution in [0.25, 0.3) is 0 Å². The van der Waals surface area contributed by atoms with Gasteiger partial charge in [-0.25, -0.2) is 4.39 Å². The van der Waals surface area contributed by atoms with Crippen molar-refractivity contribution in [2.24, 2.45) is 5.92 Å². The number of aromatic amines is 1. The quantitative estimate of drug-likeness (QED) is 0.884. The second kappa shape index (κ2) is 7.72. The highest BCUT2D eigenvalue weighted by molar-refractivity contribution is 5.94. The standard InChI is InChI=1S/C20H24FN3O2/c1-13-9-14(2)23-18(13)20(26)24-8-4-6-16(12-24)19(25)22-11-15-5-3-7-17(21)10-15/h3,5,7,9-10,16,23H,4,6,8,11-12H2,1-2H3,(H,22,25)/t16-/m0/s1. The average molecular weight is 357 g/mol. The van der Waals surface area contributed by atoms with E-state index in [1.54, 1.807) is 17.0 Å². The fourth-order valence-electron chi connectivity index (χ4n) is 3.47. The molecule has 0 radical (unpaired) electrons. The van der Waals surface area contributed by atoms with Gasteiger partial charge in [-0.1, -0.05) is 12.1 Å². The lowest BCUT2D eigenvalue weighted by molar-refractivity contribution is -0.126. The van der Waals surface area contributed by atoms with Crippen molar-refractivity contribution in [3.63, 3.8) is 0 Å². The first kappa shape index (κ1) is 18.2. The molecule has 0 aliphatic carbocycles. The number of rotatable bonds is 4. The molecule has 26 heavy (non-hydrogen) atoms. The topological polar surface area (TPSA) is 65.2 Å². The van der Waals surface area contributed by atoms with Gasteiger partial charge >= 0.3 is 0 Å². The molecule has 0 spiro atoms. The van der Waals surface area contributed by atoms with Gasteiger partial charge in [0, 0.05) is 25.3 Å². The maximum absolute atomic E-state index is 13.2. The van der Waals surface area contributed by atoms with Gasteiger partial charge in [-0.05, 0) is 56.0 Å². The lowest BCUT2D eigenvalue weighted by Crippen LogP contribution is -2.45. The Hall–Kier alpha value is -2.63. The molecule has 5 nitrogen and oxygen atoms in total. The van der Waals surface area contributed by atoms with E-state index in [1.807, 2.05) is 19.9 Å². The molecule has 1 aliphatic heterocycles. The number of likely N-dealkylation sites (tertiary alicyclic amines) is 1. The second-order valence-corrected chi connectivity index (χ2v) is 6.95. The van der Waals surface area contributed by atoms with Crippen molar-refractivity contribution in [2.75, 3.05) is 13.1 Å². The van der Waals surface area contributed by atoms with Gasteiger partial charge in [0.25, 0.3) is 5.91 Å². The molecule has 2 N–H and O–H groups in total. The number of carbonyl (C=O) groups is 2. The number of halogens is 1. The van der Waals surface area contributed by atoms with E-state index in [1.165, 1.54) is 12.1 Å². The van der Waals surface area contributed by atoms with Crippen LogP contribution in [0.15, 0.2) is 30.3 Å². The van der Waals surface area contributed by atoms with Crippen molar-refractivity contribution in [3.8, 4) is 0 Å². The van der Waals surface area contributed by atoms with Crippen molar-refractivity contribution in [2.45, 2.75) is 33.2 Å². The molecule has 1 fully saturated rings. The van der Waals surface area contributed by atoms with Gasteiger partial charge in [0.15, 0.2) is 0 Å². The Kier molecular flexibility index (Phi) is 5.40. The molecular formula is C20H24FN3O2. The van der Waals surface area contributed by atoms with Gasteiger partial charge in [0.2, 0.25) is 5.91 Å². The minimum atomic E-state index is -0.317. The lowest BCUT2D eigenvalue weighted by Gasteiger charge is -2.32. The Bertz CT molecular complexity index is 815. The number of amides is 2. The van der Waals surface area contributed by atoms with Crippen LogP contribution in [0, 0.1) is 25.6 Å². The summed E-state index contributed by atoms with van der Waals surface area (Å²) in [5.41, 5.74) is 3.19. The number of aryl methyl sites for hydroxylation is 2. The van der Waals surface area contributed by atoms with Gasteiger partial charge < -0.3 is 15.2 Å². The summed E-state index contributed by atoms with van der Waals surface area (Å²) in [7, 11) is 0. The molecule has 138 valence electrons. The van der Waals surface area contributed by atoms with E-state index in [2.05, 4.69) is 10.3 Å². The summed E-state index contributed by atoms with van der Waals surface area (Å²) < 4.78 is 13.2. The summed E-state index contributed by atoms with van der Waals surface area (Å²) in [6.45, 7) is 5.18. The van der Waals surface area contributed by atoms with Crippen LogP contribution in [0.1, 0.15) is 40.2 Å². The third kappa shape index (κ3) is 4.12. The molecule has 2 aromatic rings. The molecule has 2 heterocycles. The molecule has 3 rings (SSSR count). The number of aromatic nitrogens is 1. The maximum atomic E-state index is 13.2. The number of nitrogens with one attached hydrogen (secondary N) is 2. The van der Waals surface area contributed by atoms with Crippen LogP contribution in [0.2, 0.25) is 0 Å². The normalized spacial score (nSPS) is 17.2. The summed E-state index contributed by atoms with van der Waals surface area (Å²) in [6, 6.07) is 8.13. The number of hydrogen-bond donors (Lipinski definition) is 2. The van der Waals surface area contributed by atoms with Crippen molar-refractivity contribution in [1.82, 2.24) is 15.2 Å². The number of nitrogens with zero attached hydrogens (tertiary/aromatic N) is 1. The maximum Gasteiger partial charge on any atom is 0.270 e. The zero-order chi connectivity index (χ0) is 18.7. The minimum Gasteiger partial charge on any atom is -0.354 e. The third-order valence-corrected chi connectivity index (χ3v) is 4.80. The lowest BCUT2D eigenvalue weighted by atomic mass is 9.96. The summed E-state index contributed by atoms with van der Waals surface area (Å²) in [5.74, 6) is -0.704. The molecule has 6 heteroatoms.